The highest BCUT2D eigenvalue weighted by atomic mass is 79.9. The standard InChI is InChI=1S/C21H21BrN4O3S2/c1-14-11-15(2)24-21(23-14)26-31(28,29)19-9-7-18(8-10-19)25-20(27)13-30-12-16-3-5-17(22)6-4-16/h3-11H,12-13H2,1-2H3,(H,25,27)(H,23,24,26). The molecule has 0 saturated heterocycles. The summed E-state index contributed by atoms with van der Waals surface area (Å²) in [5.41, 5.74) is 2.99. The fourth-order valence-corrected chi connectivity index (χ4v) is 4.70. The van der Waals surface area contributed by atoms with Crippen LogP contribution in [0.3, 0.4) is 0 Å². The normalized spacial score (nSPS) is 11.2. The number of halogens is 1. The van der Waals surface area contributed by atoms with E-state index in [0.717, 1.165) is 15.8 Å². The zero-order valence-corrected chi connectivity index (χ0v) is 20.1. The maximum Gasteiger partial charge on any atom is 0.264 e. The van der Waals surface area contributed by atoms with Crippen LogP contribution >= 0.6 is 27.7 Å². The SMILES string of the molecule is Cc1cc(C)nc(NS(=O)(=O)c2ccc(NC(=O)CSCc3ccc(Br)cc3)cc2)n1. The van der Waals surface area contributed by atoms with E-state index in [-0.39, 0.29) is 16.8 Å². The minimum absolute atomic E-state index is 0.0256. The van der Waals surface area contributed by atoms with Crippen LogP contribution in [0.4, 0.5) is 11.6 Å². The van der Waals surface area contributed by atoms with Crippen LogP contribution in [0.15, 0.2) is 64.0 Å². The molecule has 0 atom stereocenters. The first-order valence-corrected chi connectivity index (χ1v) is 12.7. The highest BCUT2D eigenvalue weighted by molar-refractivity contribution is 9.10. The summed E-state index contributed by atoms with van der Waals surface area (Å²) in [7, 11) is -3.84. The Morgan fingerprint density at radius 2 is 1.61 bits per heavy atom. The van der Waals surface area contributed by atoms with E-state index < -0.39 is 10.0 Å². The summed E-state index contributed by atoms with van der Waals surface area (Å²) in [4.78, 5) is 20.4. The number of carbonyl (C=O) groups excluding carboxylic acids is 1. The fraction of sp³-hybridized carbons (Fsp3) is 0.190. The largest absolute Gasteiger partial charge is 0.325 e. The molecule has 0 bridgehead atoms. The highest BCUT2D eigenvalue weighted by Crippen LogP contribution is 2.19. The van der Waals surface area contributed by atoms with Crippen LogP contribution in [0, 0.1) is 13.8 Å². The number of hydrogen-bond acceptors (Lipinski definition) is 6. The predicted octanol–water partition coefficient (Wildman–Crippen LogP) is 4.53. The van der Waals surface area contributed by atoms with Crippen molar-refractivity contribution < 1.29 is 13.2 Å². The second-order valence-electron chi connectivity index (χ2n) is 6.77. The molecule has 0 spiro atoms. The zero-order valence-electron chi connectivity index (χ0n) is 16.9. The number of amides is 1. The summed E-state index contributed by atoms with van der Waals surface area (Å²) in [5.74, 6) is 0.892. The van der Waals surface area contributed by atoms with Gasteiger partial charge in [0.2, 0.25) is 11.9 Å². The van der Waals surface area contributed by atoms with E-state index in [0.29, 0.717) is 22.8 Å². The van der Waals surface area contributed by atoms with Crippen LogP contribution in [0.2, 0.25) is 0 Å². The molecule has 0 unspecified atom stereocenters. The van der Waals surface area contributed by atoms with E-state index >= 15 is 0 Å². The number of sulfonamides is 1. The minimum Gasteiger partial charge on any atom is -0.325 e. The molecule has 0 radical (unpaired) electrons. The number of benzene rings is 2. The Balaban J connectivity index is 1.55. The minimum atomic E-state index is -3.84. The van der Waals surface area contributed by atoms with Gasteiger partial charge in [0.1, 0.15) is 0 Å². The van der Waals surface area contributed by atoms with E-state index in [1.165, 1.54) is 23.9 Å². The molecule has 0 aliphatic carbocycles. The molecule has 162 valence electrons. The number of nitrogens with one attached hydrogen (secondary N) is 2. The van der Waals surface area contributed by atoms with Crippen LogP contribution in [-0.4, -0.2) is 30.0 Å². The molecule has 7 nitrogen and oxygen atoms in total. The molecule has 2 N–H and O–H groups in total. The lowest BCUT2D eigenvalue weighted by atomic mass is 10.2. The van der Waals surface area contributed by atoms with Crippen molar-refractivity contribution in [1.29, 1.82) is 0 Å². The van der Waals surface area contributed by atoms with Gasteiger partial charge in [-0.1, -0.05) is 28.1 Å². The van der Waals surface area contributed by atoms with Crippen molar-refractivity contribution in [2.75, 3.05) is 15.8 Å². The Bertz CT molecular complexity index is 1150. The molecule has 1 aromatic heterocycles. The molecule has 1 heterocycles. The maximum absolute atomic E-state index is 12.6. The van der Waals surface area contributed by atoms with E-state index in [4.69, 9.17) is 0 Å². The summed E-state index contributed by atoms with van der Waals surface area (Å²) in [6.45, 7) is 3.53. The highest BCUT2D eigenvalue weighted by Gasteiger charge is 2.16. The Labute approximate surface area is 194 Å². The third-order valence-electron chi connectivity index (χ3n) is 4.07. The molecule has 0 saturated carbocycles. The van der Waals surface area contributed by atoms with Crippen molar-refractivity contribution in [1.82, 2.24) is 9.97 Å². The van der Waals surface area contributed by atoms with Gasteiger partial charge in [-0.05, 0) is 61.9 Å². The van der Waals surface area contributed by atoms with Crippen molar-refractivity contribution in [3.05, 3.63) is 76.0 Å². The van der Waals surface area contributed by atoms with Gasteiger partial charge in [-0.2, -0.15) is 0 Å². The van der Waals surface area contributed by atoms with Crippen molar-refractivity contribution in [2.45, 2.75) is 24.5 Å². The number of nitrogens with zero attached hydrogens (tertiary/aromatic N) is 2. The van der Waals surface area contributed by atoms with Crippen LogP contribution in [0.5, 0.6) is 0 Å². The number of rotatable bonds is 8. The molecule has 0 fully saturated rings. The monoisotopic (exact) mass is 520 g/mol. The molecular formula is C21H21BrN4O3S2. The molecule has 31 heavy (non-hydrogen) atoms. The van der Waals surface area contributed by atoms with Gasteiger partial charge in [-0.15, -0.1) is 11.8 Å². The van der Waals surface area contributed by atoms with Crippen molar-refractivity contribution in [3.8, 4) is 0 Å². The topological polar surface area (TPSA) is 101 Å². The molecule has 0 aliphatic heterocycles. The van der Waals surface area contributed by atoms with Crippen molar-refractivity contribution in [2.24, 2.45) is 0 Å². The van der Waals surface area contributed by atoms with E-state index in [9.17, 15) is 13.2 Å². The first kappa shape index (κ1) is 23.2. The van der Waals surface area contributed by atoms with Crippen LogP contribution < -0.4 is 10.0 Å². The van der Waals surface area contributed by atoms with Gasteiger partial charge in [0.15, 0.2) is 0 Å². The van der Waals surface area contributed by atoms with Gasteiger partial charge >= 0.3 is 0 Å². The number of carbonyl (C=O) groups is 1. The summed E-state index contributed by atoms with van der Waals surface area (Å²) in [5, 5.41) is 2.77. The average molecular weight is 521 g/mol. The first-order chi connectivity index (χ1) is 14.7. The summed E-state index contributed by atoms with van der Waals surface area (Å²) >= 11 is 4.90. The Morgan fingerprint density at radius 3 is 2.23 bits per heavy atom. The van der Waals surface area contributed by atoms with Crippen molar-refractivity contribution >= 4 is 55.3 Å². The zero-order chi connectivity index (χ0) is 22.4. The Kier molecular flexibility index (Phi) is 7.69. The fourth-order valence-electron chi connectivity index (χ4n) is 2.71. The molecule has 10 heteroatoms. The lowest BCUT2D eigenvalue weighted by molar-refractivity contribution is -0.113. The van der Waals surface area contributed by atoms with Gasteiger partial charge in [0, 0.05) is 27.3 Å². The quantitative estimate of drug-likeness (QED) is 0.452. The predicted molar refractivity (Wildman–Crippen MR) is 128 cm³/mol. The van der Waals surface area contributed by atoms with Gasteiger partial charge < -0.3 is 5.32 Å². The second kappa shape index (κ2) is 10.3. The molecule has 3 rings (SSSR count). The van der Waals surface area contributed by atoms with Crippen LogP contribution in [-0.2, 0) is 20.6 Å². The number of aryl methyl sites for hydroxylation is 2. The maximum atomic E-state index is 12.6. The smallest absolute Gasteiger partial charge is 0.264 e. The molecule has 3 aromatic rings. The Morgan fingerprint density at radius 1 is 1.00 bits per heavy atom. The van der Waals surface area contributed by atoms with E-state index in [1.807, 2.05) is 24.3 Å². The number of aromatic nitrogens is 2. The van der Waals surface area contributed by atoms with Crippen molar-refractivity contribution in [3.63, 3.8) is 0 Å². The third kappa shape index (κ3) is 7.05. The van der Waals surface area contributed by atoms with Crippen LogP contribution in [0.1, 0.15) is 17.0 Å². The third-order valence-corrected chi connectivity index (χ3v) is 6.95. The van der Waals surface area contributed by atoms with Crippen LogP contribution in [0.25, 0.3) is 0 Å². The first-order valence-electron chi connectivity index (χ1n) is 9.28. The lowest BCUT2D eigenvalue weighted by Crippen LogP contribution is -2.16. The van der Waals surface area contributed by atoms with E-state index in [2.05, 4.69) is 35.9 Å². The lowest BCUT2D eigenvalue weighted by Gasteiger charge is -2.09. The number of anilines is 2. The Hall–Kier alpha value is -2.43. The number of thioether (sulfide) groups is 1. The number of hydrogen-bond donors (Lipinski definition) is 2. The summed E-state index contributed by atoms with van der Waals surface area (Å²) in [6, 6.07) is 15.6. The van der Waals surface area contributed by atoms with Gasteiger partial charge in [-0.25, -0.2) is 23.1 Å². The summed E-state index contributed by atoms with van der Waals surface area (Å²) < 4.78 is 28.5. The average Bonchev–Trinajstić information content (AvgIpc) is 2.69. The van der Waals surface area contributed by atoms with E-state index in [1.54, 1.807) is 32.0 Å². The second-order valence-corrected chi connectivity index (χ2v) is 10.4. The molecular weight excluding hydrogens is 500 g/mol. The van der Waals surface area contributed by atoms with Gasteiger partial charge in [-0.3, -0.25) is 4.79 Å². The molecule has 2 aromatic carbocycles. The molecule has 0 aliphatic rings. The summed E-state index contributed by atoms with van der Waals surface area (Å²) in [6.07, 6.45) is 0. The van der Waals surface area contributed by atoms with Gasteiger partial charge in [0.05, 0.1) is 10.6 Å². The molecule has 1 amide bonds. The van der Waals surface area contributed by atoms with Gasteiger partial charge in [0.25, 0.3) is 10.0 Å².